The van der Waals surface area contributed by atoms with Crippen LogP contribution in [0.2, 0.25) is 0 Å². The van der Waals surface area contributed by atoms with Crippen molar-refractivity contribution in [3.63, 3.8) is 0 Å². The number of carbonyl (C=O) groups is 1. The molecule has 6 nitrogen and oxygen atoms in total. The highest BCUT2D eigenvalue weighted by Gasteiger charge is 2.37. The lowest BCUT2D eigenvalue weighted by Crippen LogP contribution is -2.41. The quantitative estimate of drug-likeness (QED) is 0.190. The monoisotopic (exact) mass is 571 g/mol. The van der Waals surface area contributed by atoms with Crippen molar-refractivity contribution < 1.29 is 32.2 Å². The van der Waals surface area contributed by atoms with Crippen LogP contribution in [0.5, 0.6) is 5.75 Å². The van der Waals surface area contributed by atoms with Crippen LogP contribution in [-0.4, -0.2) is 61.8 Å². The zero-order valence-corrected chi connectivity index (χ0v) is 23.3. The van der Waals surface area contributed by atoms with Gasteiger partial charge in [0.1, 0.15) is 17.7 Å². The third-order valence-electron chi connectivity index (χ3n) is 7.78. The number of halogens is 4. The molecule has 10 heteroatoms. The van der Waals surface area contributed by atoms with Crippen molar-refractivity contribution >= 4 is 22.6 Å². The molecule has 1 fully saturated rings. The second kappa shape index (κ2) is 12.8. The van der Waals surface area contributed by atoms with Gasteiger partial charge in [-0.05, 0) is 68.5 Å². The number of likely N-dealkylation sites (tertiary alicyclic amines) is 1. The summed E-state index contributed by atoms with van der Waals surface area (Å²) in [4.78, 5) is 20.1. The molecular weight excluding hydrogens is 538 g/mol. The number of rotatable bonds is 9. The maximum atomic E-state index is 16.1. The SMILES string of the molecule is COc1ccc2ncc(N(C)C)c([C@@H](F)CCC3(CC(=O)O)CCN(CC#Cc4cc(F)cc(F)c4F)CC3)c2c1. The Morgan fingerprint density at radius 1 is 1.20 bits per heavy atom. The third-order valence-corrected chi connectivity index (χ3v) is 7.78. The minimum Gasteiger partial charge on any atom is -0.497 e. The molecule has 0 amide bonds. The van der Waals surface area contributed by atoms with Gasteiger partial charge in [-0.25, -0.2) is 17.6 Å². The number of hydrogen-bond donors (Lipinski definition) is 1. The first-order chi connectivity index (χ1) is 19.5. The molecule has 0 saturated carbocycles. The molecular formula is C31H33F4N3O3. The van der Waals surface area contributed by atoms with E-state index in [0.717, 1.165) is 6.07 Å². The number of methoxy groups -OCH3 is 1. The molecule has 1 N–H and O–H groups in total. The number of aromatic nitrogens is 1. The molecule has 1 aliphatic rings. The largest absolute Gasteiger partial charge is 0.497 e. The summed E-state index contributed by atoms with van der Waals surface area (Å²) in [5.74, 6) is 1.48. The predicted molar refractivity (Wildman–Crippen MR) is 149 cm³/mol. The number of pyridine rings is 1. The topological polar surface area (TPSA) is 65.9 Å². The fraction of sp³-hybridized carbons (Fsp3) is 0.419. The minimum absolute atomic E-state index is 0.0848. The van der Waals surface area contributed by atoms with E-state index in [2.05, 4.69) is 16.8 Å². The summed E-state index contributed by atoms with van der Waals surface area (Å²) in [7, 11) is 5.19. The first kappa shape index (κ1) is 30.1. The number of carboxylic acid groups (broad SMARTS) is 1. The summed E-state index contributed by atoms with van der Waals surface area (Å²) in [6.45, 7) is 1.25. The smallest absolute Gasteiger partial charge is 0.303 e. The van der Waals surface area contributed by atoms with Gasteiger partial charge in [-0.2, -0.15) is 0 Å². The lowest BCUT2D eigenvalue weighted by atomic mass is 9.71. The summed E-state index contributed by atoms with van der Waals surface area (Å²) in [6.07, 6.45) is 1.74. The second-order valence-corrected chi connectivity index (χ2v) is 10.7. The molecule has 0 aliphatic carbocycles. The Labute approximate surface area is 236 Å². The Morgan fingerprint density at radius 2 is 1.93 bits per heavy atom. The number of hydrogen-bond acceptors (Lipinski definition) is 5. The molecule has 0 bridgehead atoms. The van der Waals surface area contributed by atoms with E-state index in [1.807, 2.05) is 23.9 Å². The number of anilines is 1. The molecule has 2 heterocycles. The predicted octanol–water partition coefficient (Wildman–Crippen LogP) is 6.13. The van der Waals surface area contributed by atoms with Crippen LogP contribution in [-0.2, 0) is 4.79 Å². The molecule has 2 aromatic carbocycles. The first-order valence-corrected chi connectivity index (χ1v) is 13.4. The molecule has 1 aromatic heterocycles. The molecule has 1 atom stereocenters. The van der Waals surface area contributed by atoms with Gasteiger partial charge in [-0.3, -0.25) is 14.7 Å². The van der Waals surface area contributed by atoms with Crippen molar-refractivity contribution in [2.45, 2.75) is 38.3 Å². The lowest BCUT2D eigenvalue weighted by molar-refractivity contribution is -0.141. The Bertz CT molecular complexity index is 1480. The number of carboxylic acids is 1. The van der Waals surface area contributed by atoms with Crippen molar-refractivity contribution in [2.24, 2.45) is 5.41 Å². The number of ether oxygens (including phenoxy) is 1. The van der Waals surface area contributed by atoms with E-state index in [0.29, 0.717) is 66.3 Å². The average Bonchev–Trinajstić information content (AvgIpc) is 2.94. The normalized spacial score (nSPS) is 15.7. The molecule has 218 valence electrons. The molecule has 4 rings (SSSR count). The maximum Gasteiger partial charge on any atom is 0.303 e. The van der Waals surface area contributed by atoms with Gasteiger partial charge >= 0.3 is 5.97 Å². The number of alkyl halides is 1. The van der Waals surface area contributed by atoms with Crippen molar-refractivity contribution in [3.8, 4) is 17.6 Å². The fourth-order valence-electron chi connectivity index (χ4n) is 5.49. The van der Waals surface area contributed by atoms with Crippen LogP contribution in [0.3, 0.4) is 0 Å². The Hall–Kier alpha value is -3.84. The van der Waals surface area contributed by atoms with Crippen LogP contribution < -0.4 is 9.64 Å². The number of benzene rings is 2. The second-order valence-electron chi connectivity index (χ2n) is 10.7. The van der Waals surface area contributed by atoms with E-state index in [-0.39, 0.29) is 24.9 Å². The highest BCUT2D eigenvalue weighted by molar-refractivity contribution is 5.88. The van der Waals surface area contributed by atoms with Crippen LogP contribution >= 0.6 is 0 Å². The van der Waals surface area contributed by atoms with Crippen LogP contribution in [0.1, 0.15) is 49.4 Å². The Balaban J connectivity index is 1.48. The minimum atomic E-state index is -1.36. The number of fused-ring (bicyclic) bond motifs is 1. The van der Waals surface area contributed by atoms with Gasteiger partial charge in [-0.1, -0.05) is 11.8 Å². The van der Waals surface area contributed by atoms with E-state index < -0.39 is 35.0 Å². The van der Waals surface area contributed by atoms with Gasteiger partial charge in [0.2, 0.25) is 0 Å². The molecule has 1 saturated heterocycles. The average molecular weight is 572 g/mol. The van der Waals surface area contributed by atoms with Crippen molar-refractivity contribution in [1.82, 2.24) is 9.88 Å². The summed E-state index contributed by atoms with van der Waals surface area (Å²) in [5.41, 5.74) is 0.833. The lowest BCUT2D eigenvalue weighted by Gasteiger charge is -2.41. The Morgan fingerprint density at radius 3 is 2.59 bits per heavy atom. The molecule has 0 spiro atoms. The zero-order chi connectivity index (χ0) is 29.7. The summed E-state index contributed by atoms with van der Waals surface area (Å²) in [6, 6.07) is 6.64. The van der Waals surface area contributed by atoms with Crippen molar-refractivity contribution in [1.29, 1.82) is 0 Å². The third kappa shape index (κ3) is 7.09. The van der Waals surface area contributed by atoms with Gasteiger partial charge in [0.05, 0.1) is 43.0 Å². The number of piperidine rings is 1. The highest BCUT2D eigenvalue weighted by Crippen LogP contribution is 2.44. The van der Waals surface area contributed by atoms with Crippen LogP contribution in [0.15, 0.2) is 36.5 Å². The summed E-state index contributed by atoms with van der Waals surface area (Å²) in [5, 5.41) is 10.3. The first-order valence-electron chi connectivity index (χ1n) is 13.4. The van der Waals surface area contributed by atoms with Crippen LogP contribution in [0.4, 0.5) is 23.2 Å². The molecule has 41 heavy (non-hydrogen) atoms. The van der Waals surface area contributed by atoms with E-state index in [1.165, 1.54) is 0 Å². The van der Waals surface area contributed by atoms with Crippen LogP contribution in [0.25, 0.3) is 10.9 Å². The van der Waals surface area contributed by atoms with Gasteiger partial charge in [0.15, 0.2) is 11.6 Å². The van der Waals surface area contributed by atoms with Gasteiger partial charge in [0, 0.05) is 31.1 Å². The van der Waals surface area contributed by atoms with Gasteiger partial charge in [-0.15, -0.1) is 0 Å². The zero-order valence-electron chi connectivity index (χ0n) is 23.3. The number of aliphatic carboxylic acids is 1. The van der Waals surface area contributed by atoms with E-state index in [9.17, 15) is 23.1 Å². The molecule has 0 unspecified atom stereocenters. The molecule has 3 aromatic rings. The standard InChI is InChI=1S/C31H33F4N3O3/c1-37(2)27-19-36-26-7-6-22(41-3)17-23(26)29(27)24(33)8-9-31(18-28(39)40)10-13-38(14-11-31)12-4-5-20-15-21(32)16-25(34)30(20)35/h6-7,15-17,19,24H,8-14,18H2,1-3H3,(H,39,40)/t24-/m0/s1. The molecule has 0 radical (unpaired) electrons. The van der Waals surface area contributed by atoms with E-state index in [4.69, 9.17) is 4.74 Å². The molecule has 1 aliphatic heterocycles. The fourth-order valence-corrected chi connectivity index (χ4v) is 5.49. The highest BCUT2D eigenvalue weighted by atomic mass is 19.2. The van der Waals surface area contributed by atoms with Gasteiger partial charge < -0.3 is 14.7 Å². The van der Waals surface area contributed by atoms with E-state index >= 15 is 4.39 Å². The maximum absolute atomic E-state index is 16.1. The van der Waals surface area contributed by atoms with Crippen LogP contribution in [0, 0.1) is 34.7 Å². The van der Waals surface area contributed by atoms with Crippen molar-refractivity contribution in [2.75, 3.05) is 45.7 Å². The van der Waals surface area contributed by atoms with Gasteiger partial charge in [0.25, 0.3) is 0 Å². The van der Waals surface area contributed by atoms with E-state index in [1.54, 1.807) is 31.5 Å². The Kier molecular flexibility index (Phi) is 9.38. The summed E-state index contributed by atoms with van der Waals surface area (Å²) < 4.78 is 62.2. The number of nitrogens with zero attached hydrogens (tertiary/aromatic N) is 3. The van der Waals surface area contributed by atoms with Crippen molar-refractivity contribution in [3.05, 3.63) is 65.1 Å². The summed E-state index contributed by atoms with van der Waals surface area (Å²) >= 11 is 0.